The summed E-state index contributed by atoms with van der Waals surface area (Å²) in [5, 5.41) is 5.21. The van der Waals surface area contributed by atoms with Crippen molar-refractivity contribution < 1.29 is 105 Å². The molecule has 0 radical (unpaired) electrons. The van der Waals surface area contributed by atoms with Crippen molar-refractivity contribution in [1.29, 1.82) is 0 Å². The zero-order valence-electron chi connectivity index (χ0n) is 36.3. The van der Waals surface area contributed by atoms with E-state index >= 15 is 0 Å². The molecular weight excluding hydrogens is 860 g/mol. The molecule has 2 aliphatic heterocycles. The largest absolute Gasteiger partial charge is 0.463 e. The molecule has 0 spiro atoms. The zero-order valence-corrected chi connectivity index (χ0v) is 36.3. The maximum Gasteiger partial charge on any atom is 0.303 e. The zero-order chi connectivity index (χ0) is 47.7. The normalized spacial score (nSPS) is 24.9. The highest BCUT2D eigenvalue weighted by molar-refractivity contribution is 5.99. The summed E-state index contributed by atoms with van der Waals surface area (Å²) >= 11 is 0. The van der Waals surface area contributed by atoms with E-state index in [1.165, 1.54) is 24.3 Å². The van der Waals surface area contributed by atoms with E-state index in [9.17, 15) is 47.9 Å². The molecule has 0 unspecified atom stereocenters. The predicted octanol–water partition coefficient (Wildman–Crippen LogP) is -0.654. The van der Waals surface area contributed by atoms with Crippen molar-refractivity contribution >= 4 is 59.6 Å². The second-order valence-corrected chi connectivity index (χ2v) is 14.0. The van der Waals surface area contributed by atoms with Gasteiger partial charge >= 0.3 is 47.8 Å². The fourth-order valence-electron chi connectivity index (χ4n) is 6.33. The third-order valence-electron chi connectivity index (χ3n) is 8.62. The number of amides is 2. The van der Waals surface area contributed by atoms with Crippen LogP contribution in [0, 0.1) is 0 Å². The number of ether oxygens (including phenoxy) is 12. The van der Waals surface area contributed by atoms with E-state index in [4.69, 9.17) is 56.8 Å². The summed E-state index contributed by atoms with van der Waals surface area (Å²) < 4.78 is 65.5. The van der Waals surface area contributed by atoms with Gasteiger partial charge in [-0.15, -0.1) is 0 Å². The van der Waals surface area contributed by atoms with Gasteiger partial charge in [0.25, 0.3) is 11.8 Å². The number of benzene rings is 1. The smallest absolute Gasteiger partial charge is 0.303 e. The molecule has 2 amide bonds. The lowest BCUT2D eigenvalue weighted by Gasteiger charge is -2.44. The molecule has 1 aromatic carbocycles. The van der Waals surface area contributed by atoms with Gasteiger partial charge in [-0.05, 0) is 18.2 Å². The van der Waals surface area contributed by atoms with Gasteiger partial charge in [0.05, 0.1) is 13.2 Å². The van der Waals surface area contributed by atoms with Crippen LogP contribution in [0.25, 0.3) is 0 Å². The highest BCUT2D eigenvalue weighted by Crippen LogP contribution is 2.31. The summed E-state index contributed by atoms with van der Waals surface area (Å²) in [4.78, 5) is 122. The number of carbonyl (C=O) groups excluding carboxylic acids is 10. The number of hydrogen-bond acceptors (Lipinski definition) is 22. The van der Waals surface area contributed by atoms with E-state index in [0.717, 1.165) is 55.4 Å². The van der Waals surface area contributed by atoms with E-state index in [-0.39, 0.29) is 37.4 Å². The lowest BCUT2D eigenvalue weighted by atomic mass is 9.98. The molecule has 0 bridgehead atoms. The van der Waals surface area contributed by atoms with Gasteiger partial charge in [-0.3, -0.25) is 47.9 Å². The molecule has 2 aliphatic rings. The third kappa shape index (κ3) is 16.8. The van der Waals surface area contributed by atoms with Crippen molar-refractivity contribution in [1.82, 2.24) is 10.6 Å². The van der Waals surface area contributed by atoms with Gasteiger partial charge in [-0.1, -0.05) is 6.07 Å². The summed E-state index contributed by atoms with van der Waals surface area (Å²) in [5.74, 6) is -7.58. The van der Waals surface area contributed by atoms with Gasteiger partial charge in [0.1, 0.15) is 25.4 Å². The Morgan fingerprint density at radius 1 is 0.453 bits per heavy atom. The summed E-state index contributed by atoms with van der Waals surface area (Å²) in [6, 6.07) is 5.61. The van der Waals surface area contributed by atoms with Crippen LogP contribution in [0.4, 0.5) is 0 Å². The Morgan fingerprint density at radius 2 is 0.766 bits per heavy atom. The van der Waals surface area contributed by atoms with Crippen LogP contribution in [-0.4, -0.2) is 160 Å². The fraction of sp³-hybridized carbons (Fsp3) is 0.600. The maximum absolute atomic E-state index is 13.1. The fourth-order valence-corrected chi connectivity index (χ4v) is 6.33. The molecule has 24 heteroatoms. The first-order chi connectivity index (χ1) is 30.2. The van der Waals surface area contributed by atoms with E-state index in [2.05, 4.69) is 10.6 Å². The summed E-state index contributed by atoms with van der Waals surface area (Å²) in [7, 11) is 0. The molecule has 64 heavy (non-hydrogen) atoms. The molecule has 354 valence electrons. The Hall–Kier alpha value is -6.24. The van der Waals surface area contributed by atoms with Crippen LogP contribution in [0.5, 0.6) is 0 Å². The molecule has 1 aromatic rings. The third-order valence-corrected chi connectivity index (χ3v) is 8.62. The molecule has 0 saturated carbocycles. The number of rotatable bonds is 20. The van der Waals surface area contributed by atoms with Crippen LogP contribution in [0.1, 0.15) is 76.1 Å². The van der Waals surface area contributed by atoms with Crippen molar-refractivity contribution in [3.8, 4) is 0 Å². The molecule has 2 fully saturated rings. The Kier molecular flexibility index (Phi) is 20.5. The quantitative estimate of drug-likeness (QED) is 0.0932. The minimum absolute atomic E-state index is 0.0636. The molecule has 2 N–H and O–H groups in total. The van der Waals surface area contributed by atoms with Crippen molar-refractivity contribution in [3.63, 3.8) is 0 Å². The van der Waals surface area contributed by atoms with Gasteiger partial charge in [-0.25, -0.2) is 0 Å². The van der Waals surface area contributed by atoms with Crippen molar-refractivity contribution in [2.24, 2.45) is 0 Å². The minimum atomic E-state index is -1.47. The van der Waals surface area contributed by atoms with Crippen molar-refractivity contribution in [2.75, 3.05) is 39.5 Å². The van der Waals surface area contributed by atoms with E-state index in [0.29, 0.717) is 0 Å². The highest BCUT2D eigenvalue weighted by atomic mass is 16.7. The number of nitrogens with one attached hydrogen (secondary N) is 2. The Balaban J connectivity index is 1.65. The Bertz CT molecular complexity index is 1740. The lowest BCUT2D eigenvalue weighted by Crippen LogP contribution is -2.63. The van der Waals surface area contributed by atoms with Gasteiger partial charge in [0.2, 0.25) is 0 Å². The first-order valence-corrected chi connectivity index (χ1v) is 19.7. The molecule has 0 aliphatic carbocycles. The first kappa shape index (κ1) is 52.1. The molecule has 24 nitrogen and oxygen atoms in total. The number of carbonyl (C=O) groups is 10. The van der Waals surface area contributed by atoms with Crippen LogP contribution in [0.15, 0.2) is 24.3 Å². The summed E-state index contributed by atoms with van der Waals surface area (Å²) in [6.45, 7) is 6.89. The highest BCUT2D eigenvalue weighted by Gasteiger charge is 2.54. The molecule has 0 aromatic heterocycles. The second kappa shape index (κ2) is 25.2. The van der Waals surface area contributed by atoms with Crippen LogP contribution in [0.2, 0.25) is 0 Å². The maximum atomic E-state index is 13.1. The molecule has 3 rings (SSSR count). The molecular formula is C40H52N2O22. The number of hydrogen-bond donors (Lipinski definition) is 2. The van der Waals surface area contributed by atoms with E-state index in [1.807, 2.05) is 0 Å². The van der Waals surface area contributed by atoms with Gasteiger partial charge in [0, 0.05) is 79.6 Å². The lowest BCUT2D eigenvalue weighted by molar-refractivity contribution is -0.307. The van der Waals surface area contributed by atoms with Gasteiger partial charge < -0.3 is 67.5 Å². The monoisotopic (exact) mass is 912 g/mol. The predicted molar refractivity (Wildman–Crippen MR) is 207 cm³/mol. The van der Waals surface area contributed by atoms with Crippen LogP contribution in [0.3, 0.4) is 0 Å². The topological polar surface area (TPSA) is 306 Å². The second-order valence-electron chi connectivity index (χ2n) is 14.0. The molecule has 10 atom stereocenters. The van der Waals surface area contributed by atoms with Gasteiger partial charge in [-0.2, -0.15) is 0 Å². The molecule has 2 heterocycles. The van der Waals surface area contributed by atoms with Crippen LogP contribution in [-0.2, 0) is 95.2 Å². The van der Waals surface area contributed by atoms with E-state index in [1.54, 1.807) is 0 Å². The van der Waals surface area contributed by atoms with Crippen molar-refractivity contribution in [2.45, 2.75) is 117 Å². The summed E-state index contributed by atoms with van der Waals surface area (Å²) in [5.41, 5.74) is 0.127. The summed E-state index contributed by atoms with van der Waals surface area (Å²) in [6.07, 6.45) is -14.0. The van der Waals surface area contributed by atoms with E-state index < -0.39 is 134 Å². The molecule has 2 saturated heterocycles. The van der Waals surface area contributed by atoms with Crippen LogP contribution < -0.4 is 10.6 Å². The standard InChI is InChI=1S/C40H52N2O22/c1-19(43)55-17-29-31(57-21(3)45)33(59-23(5)47)35(61-25(7)49)39(63-29)53-14-12-41-37(51)27-10-9-11-28(16-27)38(52)42-13-15-54-40-36(62-26(8)50)34(60-24(6)48)32(58-22(4)46)30(64-40)18-56-20(2)44/h9-11,16,29-36,39-40H,12-15,17-18H2,1-8H3,(H,41,51)(H,42,52)/t29-,30-,31-,32-,33+,34+,35-,36-,39+,40+/m1/s1. The van der Waals surface area contributed by atoms with Gasteiger partial charge in [0.15, 0.2) is 49.2 Å². The Labute approximate surface area is 366 Å². The first-order valence-electron chi connectivity index (χ1n) is 19.7. The average Bonchev–Trinajstić information content (AvgIpc) is 3.19. The van der Waals surface area contributed by atoms with Crippen LogP contribution >= 0.6 is 0 Å². The SMILES string of the molecule is CC(=O)OC[C@H]1O[C@H](OCCNC(=O)c2cccc(C(=O)NCCO[C@H]3O[C@H](COC(C)=O)[C@@H](OC(C)=O)[C@H](OC(C)=O)[C@H]3OC(C)=O)c2)[C@H](OC(C)=O)[C@@H](OC(C)=O)[C@@H]1OC(C)=O. The average molecular weight is 913 g/mol. The Morgan fingerprint density at radius 3 is 1.08 bits per heavy atom. The minimum Gasteiger partial charge on any atom is -0.463 e. The van der Waals surface area contributed by atoms with Crippen molar-refractivity contribution in [3.05, 3.63) is 35.4 Å². The number of esters is 8.